The first-order valence-electron chi connectivity index (χ1n) is 10.7. The molecule has 0 bridgehead atoms. The molecule has 0 aliphatic heterocycles. The molecule has 1 aromatic heterocycles. The number of hydrogen-bond acceptors (Lipinski definition) is 7. The van der Waals surface area contributed by atoms with Crippen LogP contribution in [0.15, 0.2) is 47.5 Å². The Balaban J connectivity index is 2.20. The molecule has 0 aliphatic carbocycles. The Kier molecular flexibility index (Phi) is 9.53. The molecule has 0 fully saturated rings. The predicted molar refractivity (Wildman–Crippen MR) is 122 cm³/mol. The molecule has 0 aliphatic rings. The van der Waals surface area contributed by atoms with Crippen LogP contribution in [0.25, 0.3) is 0 Å². The minimum atomic E-state index is -4.24. The van der Waals surface area contributed by atoms with Crippen LogP contribution in [0.4, 0.5) is 0 Å². The molecule has 2 aromatic rings. The van der Waals surface area contributed by atoms with Gasteiger partial charge in [-0.25, -0.2) is 22.9 Å². The number of ether oxygens (including phenoxy) is 1. The van der Waals surface area contributed by atoms with Gasteiger partial charge in [0.2, 0.25) is 0 Å². The van der Waals surface area contributed by atoms with Crippen molar-refractivity contribution in [3.8, 4) is 0 Å². The van der Waals surface area contributed by atoms with E-state index in [9.17, 15) is 22.8 Å². The summed E-state index contributed by atoms with van der Waals surface area (Å²) < 4.78 is 32.1. The van der Waals surface area contributed by atoms with E-state index in [4.69, 9.17) is 0 Å². The summed E-state index contributed by atoms with van der Waals surface area (Å²) in [5.74, 6) is -1.84. The van der Waals surface area contributed by atoms with Crippen LogP contribution in [0.3, 0.4) is 0 Å². The smallest absolute Gasteiger partial charge is 0.356 e. The number of amides is 2. The molecule has 2 rings (SSSR count). The normalized spacial score (nSPS) is 11.0. The van der Waals surface area contributed by atoms with Crippen LogP contribution in [0.5, 0.6) is 0 Å². The monoisotopic (exact) mass is 475 g/mol. The molecule has 0 saturated carbocycles. The highest BCUT2D eigenvalue weighted by molar-refractivity contribution is 7.90. The second-order valence-corrected chi connectivity index (χ2v) is 9.07. The lowest BCUT2D eigenvalue weighted by atomic mass is 10.1. The van der Waals surface area contributed by atoms with Gasteiger partial charge in [0.05, 0.1) is 17.6 Å². The average molecular weight is 476 g/mol. The molecule has 0 unspecified atom stereocenters. The number of esters is 1. The Hall–Kier alpha value is -3.27. The van der Waals surface area contributed by atoms with E-state index >= 15 is 0 Å². The third kappa shape index (κ3) is 7.11. The van der Waals surface area contributed by atoms with E-state index in [1.807, 2.05) is 18.6 Å². The lowest BCUT2D eigenvalue weighted by Gasteiger charge is -2.22. The number of methoxy groups -OCH3 is 1. The average Bonchev–Trinajstić information content (AvgIpc) is 2.83. The Morgan fingerprint density at radius 1 is 1.00 bits per heavy atom. The molecule has 1 N–H and O–H groups in total. The second-order valence-electron chi connectivity index (χ2n) is 7.39. The van der Waals surface area contributed by atoms with Crippen molar-refractivity contribution < 1.29 is 27.5 Å². The lowest BCUT2D eigenvalue weighted by Crippen LogP contribution is -2.33. The highest BCUT2D eigenvalue weighted by Crippen LogP contribution is 2.15. The summed E-state index contributed by atoms with van der Waals surface area (Å²) in [5, 5.41) is 0. The standard InChI is InChI=1S/C23H29N3O6S/c1-4-6-13-26(14-7-5-2)22(28)17-9-8-10-19(15-17)33(30,31)25-21(27)18-11-12-20(24-16-18)23(29)32-3/h8-12,15-16H,4-7,13-14H2,1-3H3,(H,25,27). The maximum atomic E-state index is 13.0. The first-order chi connectivity index (χ1) is 15.7. The molecular formula is C23H29N3O6S. The molecule has 178 valence electrons. The van der Waals surface area contributed by atoms with E-state index in [1.54, 1.807) is 11.0 Å². The van der Waals surface area contributed by atoms with E-state index < -0.39 is 21.9 Å². The highest BCUT2D eigenvalue weighted by Gasteiger charge is 2.22. The minimum Gasteiger partial charge on any atom is -0.464 e. The number of rotatable bonds is 11. The maximum absolute atomic E-state index is 13.0. The Labute approximate surface area is 194 Å². The molecule has 1 heterocycles. The number of carbonyl (C=O) groups excluding carboxylic acids is 3. The van der Waals surface area contributed by atoms with Crippen LogP contribution >= 0.6 is 0 Å². The summed E-state index contributed by atoms with van der Waals surface area (Å²) in [6.45, 7) is 5.27. The van der Waals surface area contributed by atoms with Crippen molar-refractivity contribution in [1.82, 2.24) is 14.6 Å². The van der Waals surface area contributed by atoms with Crippen molar-refractivity contribution in [3.63, 3.8) is 0 Å². The van der Waals surface area contributed by atoms with Crippen molar-refractivity contribution in [3.05, 3.63) is 59.4 Å². The van der Waals surface area contributed by atoms with Crippen LogP contribution in [0, 0.1) is 0 Å². The molecule has 10 heteroatoms. The van der Waals surface area contributed by atoms with Crippen molar-refractivity contribution in [2.45, 2.75) is 44.4 Å². The maximum Gasteiger partial charge on any atom is 0.356 e. The number of unbranched alkanes of at least 4 members (excludes halogenated alkanes) is 2. The van der Waals surface area contributed by atoms with Crippen LogP contribution < -0.4 is 4.72 Å². The van der Waals surface area contributed by atoms with Crippen LogP contribution in [0.2, 0.25) is 0 Å². The number of pyridine rings is 1. The summed E-state index contributed by atoms with van der Waals surface area (Å²) in [5.41, 5.74) is 0.171. The number of sulfonamides is 1. The molecule has 2 amide bonds. The summed E-state index contributed by atoms with van der Waals surface area (Å²) in [4.78, 5) is 42.2. The van der Waals surface area contributed by atoms with Gasteiger partial charge in [0.1, 0.15) is 5.69 Å². The molecule has 0 atom stereocenters. The number of aromatic nitrogens is 1. The van der Waals surface area contributed by atoms with Crippen molar-refractivity contribution in [1.29, 1.82) is 0 Å². The quantitative estimate of drug-likeness (QED) is 0.496. The Morgan fingerprint density at radius 3 is 2.21 bits per heavy atom. The van der Waals surface area contributed by atoms with Gasteiger partial charge in [-0.15, -0.1) is 0 Å². The molecule has 0 saturated heterocycles. The predicted octanol–water partition coefficient (Wildman–Crippen LogP) is 3.03. The minimum absolute atomic E-state index is 0.0150. The summed E-state index contributed by atoms with van der Waals surface area (Å²) in [6, 6.07) is 8.13. The number of hydrogen-bond donors (Lipinski definition) is 1. The van der Waals surface area contributed by atoms with E-state index in [0.29, 0.717) is 13.1 Å². The SMILES string of the molecule is CCCCN(CCCC)C(=O)c1cccc(S(=O)(=O)NC(=O)c2ccc(C(=O)OC)nc2)c1. The third-order valence-corrected chi connectivity index (χ3v) is 6.22. The summed E-state index contributed by atoms with van der Waals surface area (Å²) >= 11 is 0. The van der Waals surface area contributed by atoms with Crippen molar-refractivity contribution in [2.24, 2.45) is 0 Å². The molecule has 0 spiro atoms. The zero-order valence-electron chi connectivity index (χ0n) is 19.0. The fourth-order valence-electron chi connectivity index (χ4n) is 2.99. The fraction of sp³-hybridized carbons (Fsp3) is 0.391. The van der Waals surface area contributed by atoms with Gasteiger partial charge in [-0.1, -0.05) is 32.8 Å². The van der Waals surface area contributed by atoms with E-state index in [0.717, 1.165) is 31.9 Å². The number of nitrogens with zero attached hydrogens (tertiary/aromatic N) is 2. The van der Waals surface area contributed by atoms with E-state index in [2.05, 4.69) is 9.72 Å². The van der Waals surface area contributed by atoms with Crippen LogP contribution in [-0.4, -0.2) is 56.3 Å². The number of carbonyl (C=O) groups is 3. The summed E-state index contributed by atoms with van der Waals surface area (Å²) in [6.07, 6.45) is 4.66. The lowest BCUT2D eigenvalue weighted by molar-refractivity contribution is 0.0593. The number of benzene rings is 1. The Morgan fingerprint density at radius 2 is 1.67 bits per heavy atom. The Bertz CT molecular complexity index is 1080. The van der Waals surface area contributed by atoms with Gasteiger partial charge in [0.15, 0.2) is 0 Å². The van der Waals surface area contributed by atoms with Crippen LogP contribution in [-0.2, 0) is 14.8 Å². The van der Waals surface area contributed by atoms with Gasteiger partial charge >= 0.3 is 5.97 Å². The second kappa shape index (κ2) is 12.1. The van der Waals surface area contributed by atoms with Gasteiger partial charge in [0.25, 0.3) is 21.8 Å². The number of nitrogens with one attached hydrogen (secondary N) is 1. The van der Waals surface area contributed by atoms with Crippen LogP contribution in [0.1, 0.15) is 70.7 Å². The first kappa shape index (κ1) is 26.0. The van der Waals surface area contributed by atoms with E-state index in [1.165, 1.54) is 37.4 Å². The summed E-state index contributed by atoms with van der Waals surface area (Å²) in [7, 11) is -3.05. The fourth-order valence-corrected chi connectivity index (χ4v) is 4.00. The molecule has 0 radical (unpaired) electrons. The van der Waals surface area contributed by atoms with Crippen molar-refractivity contribution >= 4 is 27.8 Å². The molecule has 1 aromatic carbocycles. The molecule has 9 nitrogen and oxygen atoms in total. The largest absolute Gasteiger partial charge is 0.464 e. The highest BCUT2D eigenvalue weighted by atomic mass is 32.2. The zero-order chi connectivity index (χ0) is 24.4. The van der Waals surface area contributed by atoms with Gasteiger partial charge < -0.3 is 9.64 Å². The van der Waals surface area contributed by atoms with Gasteiger partial charge in [-0.05, 0) is 43.2 Å². The van der Waals surface area contributed by atoms with Crippen molar-refractivity contribution in [2.75, 3.05) is 20.2 Å². The molecular weight excluding hydrogens is 446 g/mol. The van der Waals surface area contributed by atoms with Gasteiger partial charge in [-0.2, -0.15) is 0 Å². The van der Waals surface area contributed by atoms with Gasteiger partial charge in [0, 0.05) is 24.8 Å². The third-order valence-electron chi connectivity index (χ3n) is 4.89. The molecule has 33 heavy (non-hydrogen) atoms. The zero-order valence-corrected chi connectivity index (χ0v) is 19.9. The van der Waals surface area contributed by atoms with E-state index in [-0.39, 0.29) is 27.6 Å². The first-order valence-corrected chi connectivity index (χ1v) is 12.2. The topological polar surface area (TPSA) is 123 Å². The van der Waals surface area contributed by atoms with Gasteiger partial charge in [-0.3, -0.25) is 9.59 Å².